The van der Waals surface area contributed by atoms with E-state index in [0.717, 1.165) is 43.5 Å². The van der Waals surface area contributed by atoms with Gasteiger partial charge in [-0.15, -0.1) is 0 Å². The molecule has 1 aliphatic rings. The van der Waals surface area contributed by atoms with Gasteiger partial charge in [-0.2, -0.15) is 26.3 Å². The van der Waals surface area contributed by atoms with Crippen molar-refractivity contribution in [2.45, 2.75) is 69.5 Å². The van der Waals surface area contributed by atoms with Crippen molar-refractivity contribution in [2.24, 2.45) is 0 Å². The lowest BCUT2D eigenvalue weighted by atomic mass is 9.92. The Morgan fingerprint density at radius 3 is 2.15 bits per heavy atom. The molecule has 3 rings (SSSR count). The highest BCUT2D eigenvalue weighted by atomic mass is 19.4. The number of unbranched alkanes of at least 4 members (excludes halogenated alkanes) is 1. The number of hydrogen-bond acceptors (Lipinski definition) is 6. The minimum atomic E-state index is -4.44. The summed E-state index contributed by atoms with van der Waals surface area (Å²) < 4.78 is 95.7. The quantitative estimate of drug-likeness (QED) is 0.167. The van der Waals surface area contributed by atoms with Gasteiger partial charge in [-0.3, -0.25) is 9.59 Å². The number of alkyl halides is 6. The number of rotatable bonds is 10. The molecule has 41 heavy (non-hydrogen) atoms. The minimum absolute atomic E-state index is 0.152. The van der Waals surface area contributed by atoms with Crippen LogP contribution in [0.15, 0.2) is 48.5 Å². The summed E-state index contributed by atoms with van der Waals surface area (Å²) >= 11 is 0. The van der Waals surface area contributed by atoms with E-state index in [2.05, 4.69) is 4.74 Å². The monoisotopic (exact) mass is 592 g/mol. The van der Waals surface area contributed by atoms with Crippen LogP contribution in [0.5, 0.6) is 0 Å². The summed E-state index contributed by atoms with van der Waals surface area (Å²) in [6.07, 6.45) is -4.37. The molecule has 0 aliphatic carbocycles. The van der Waals surface area contributed by atoms with E-state index in [-0.39, 0.29) is 18.3 Å². The van der Waals surface area contributed by atoms with Gasteiger partial charge in [0.25, 0.3) is 0 Å². The van der Waals surface area contributed by atoms with Crippen molar-refractivity contribution >= 4 is 11.9 Å². The van der Waals surface area contributed by atoms with Gasteiger partial charge < -0.3 is 18.9 Å². The summed E-state index contributed by atoms with van der Waals surface area (Å²) in [5, 5.41) is 0. The second kappa shape index (κ2) is 16.4. The third-order valence-corrected chi connectivity index (χ3v) is 6.26. The van der Waals surface area contributed by atoms with Crippen LogP contribution < -0.4 is 0 Å². The van der Waals surface area contributed by atoms with Crippen LogP contribution in [0.2, 0.25) is 0 Å². The maximum atomic E-state index is 12.9. The first kappa shape index (κ1) is 34.1. The molecule has 0 bridgehead atoms. The first-order chi connectivity index (χ1) is 19.3. The molecule has 0 saturated carbocycles. The zero-order valence-electron chi connectivity index (χ0n) is 22.9. The second-order valence-corrected chi connectivity index (χ2v) is 9.31. The topological polar surface area (TPSA) is 71.1 Å². The Morgan fingerprint density at radius 2 is 1.56 bits per heavy atom. The molecule has 12 heteroatoms. The van der Waals surface area contributed by atoms with E-state index in [1.54, 1.807) is 0 Å². The summed E-state index contributed by atoms with van der Waals surface area (Å²) in [6.45, 7) is 1.21. The molecular weight excluding hydrogens is 558 g/mol. The van der Waals surface area contributed by atoms with Crippen LogP contribution in [0.3, 0.4) is 0 Å². The number of carbonyl (C=O) groups excluding carboxylic acids is 2. The van der Waals surface area contributed by atoms with Crippen molar-refractivity contribution in [3.63, 3.8) is 0 Å². The average molecular weight is 593 g/mol. The van der Waals surface area contributed by atoms with E-state index in [0.29, 0.717) is 38.0 Å². The maximum Gasteiger partial charge on any atom is 0.416 e. The highest BCUT2D eigenvalue weighted by molar-refractivity contribution is 5.78. The smallest absolute Gasteiger partial charge is 0.416 e. The Labute approximate surface area is 234 Å². The fourth-order valence-electron chi connectivity index (χ4n) is 4.10. The first-order valence-electron chi connectivity index (χ1n) is 13.1. The van der Waals surface area contributed by atoms with E-state index < -0.39 is 41.3 Å². The average Bonchev–Trinajstić information content (AvgIpc) is 2.94. The molecule has 2 atom stereocenters. The lowest BCUT2D eigenvalue weighted by molar-refractivity contribution is -0.163. The zero-order chi connectivity index (χ0) is 30.5. The summed E-state index contributed by atoms with van der Waals surface area (Å²) in [5.74, 6) is -1.80. The third-order valence-electron chi connectivity index (χ3n) is 6.26. The molecule has 228 valence electrons. The van der Waals surface area contributed by atoms with Crippen LogP contribution in [0.25, 0.3) is 0 Å². The Kier molecular flexibility index (Phi) is 13.6. The number of halogens is 6. The van der Waals surface area contributed by atoms with Crippen molar-refractivity contribution in [3.05, 3.63) is 70.8 Å². The first-order valence-corrected chi connectivity index (χ1v) is 13.1. The Balaban J connectivity index is 0.000000333. The van der Waals surface area contributed by atoms with Gasteiger partial charge in [0.1, 0.15) is 0 Å². The predicted molar refractivity (Wildman–Crippen MR) is 137 cm³/mol. The highest BCUT2D eigenvalue weighted by Gasteiger charge is 2.32. The molecule has 0 aromatic heterocycles. The van der Waals surface area contributed by atoms with Crippen LogP contribution >= 0.6 is 0 Å². The Bertz CT molecular complexity index is 1100. The number of benzene rings is 2. The lowest BCUT2D eigenvalue weighted by Crippen LogP contribution is -2.22. The van der Waals surface area contributed by atoms with Gasteiger partial charge in [-0.05, 0) is 61.8 Å². The summed E-state index contributed by atoms with van der Waals surface area (Å²) in [5.41, 5.74) is -0.912. The van der Waals surface area contributed by atoms with Gasteiger partial charge in [0, 0.05) is 13.2 Å². The standard InChI is InChI=1S/C19H25F3O4.C10H9F3O2/c1-24-18(23)16(14-7-6-8-15(13-14)19(20,21)22)9-2-4-11-25-17-10-3-5-12-26-17;1-15-9(14)6-7-3-2-4-8(5-7)10(11,12)13/h6-8,13,16-17H,2-5,9-12H2,1H3;2-5H,6H2,1H3. The van der Waals surface area contributed by atoms with E-state index in [1.165, 1.54) is 38.5 Å². The SMILES string of the molecule is COC(=O)C(CCCCOC1CCCCO1)c1cccc(C(F)(F)F)c1.COC(=O)Cc1cccc(C(F)(F)F)c1. The molecule has 1 fully saturated rings. The van der Waals surface area contributed by atoms with E-state index >= 15 is 0 Å². The molecule has 0 N–H and O–H groups in total. The molecule has 1 aliphatic heterocycles. The molecule has 0 radical (unpaired) electrons. The van der Waals surface area contributed by atoms with Crippen LogP contribution in [0, 0.1) is 0 Å². The molecule has 0 spiro atoms. The van der Waals surface area contributed by atoms with Crippen molar-refractivity contribution in [1.82, 2.24) is 0 Å². The fraction of sp³-hybridized carbons (Fsp3) is 0.517. The number of carbonyl (C=O) groups is 2. The van der Waals surface area contributed by atoms with Crippen molar-refractivity contribution < 1.29 is 54.9 Å². The van der Waals surface area contributed by atoms with Crippen molar-refractivity contribution in [3.8, 4) is 0 Å². The minimum Gasteiger partial charge on any atom is -0.469 e. The summed E-state index contributed by atoms with van der Waals surface area (Å²) in [7, 11) is 2.43. The molecule has 1 heterocycles. The number of hydrogen-bond donors (Lipinski definition) is 0. The molecular formula is C29H34F6O6. The maximum absolute atomic E-state index is 12.9. The van der Waals surface area contributed by atoms with Gasteiger partial charge in [0.15, 0.2) is 6.29 Å². The largest absolute Gasteiger partial charge is 0.469 e. The van der Waals surface area contributed by atoms with Crippen LogP contribution in [0.1, 0.15) is 66.7 Å². The molecule has 1 saturated heterocycles. The van der Waals surface area contributed by atoms with Gasteiger partial charge in [0.05, 0.1) is 37.7 Å². The molecule has 6 nitrogen and oxygen atoms in total. The Morgan fingerprint density at radius 1 is 0.902 bits per heavy atom. The number of methoxy groups -OCH3 is 2. The van der Waals surface area contributed by atoms with Gasteiger partial charge >= 0.3 is 24.3 Å². The van der Waals surface area contributed by atoms with Crippen molar-refractivity contribution in [2.75, 3.05) is 27.4 Å². The molecule has 0 amide bonds. The summed E-state index contributed by atoms with van der Waals surface area (Å²) in [6, 6.07) is 9.48. The van der Waals surface area contributed by atoms with Gasteiger partial charge in [-0.25, -0.2) is 0 Å². The number of esters is 2. The second-order valence-electron chi connectivity index (χ2n) is 9.31. The van der Waals surface area contributed by atoms with Crippen LogP contribution in [-0.4, -0.2) is 45.7 Å². The van der Waals surface area contributed by atoms with Gasteiger partial charge in [-0.1, -0.05) is 36.4 Å². The zero-order valence-corrected chi connectivity index (χ0v) is 22.9. The fourth-order valence-corrected chi connectivity index (χ4v) is 4.10. The predicted octanol–water partition coefficient (Wildman–Crippen LogP) is 7.10. The Hall–Kier alpha value is -3.12. The third kappa shape index (κ3) is 12.1. The van der Waals surface area contributed by atoms with E-state index in [1.807, 2.05) is 0 Å². The number of ether oxygens (including phenoxy) is 4. The van der Waals surface area contributed by atoms with Crippen molar-refractivity contribution in [1.29, 1.82) is 0 Å². The van der Waals surface area contributed by atoms with E-state index in [9.17, 15) is 35.9 Å². The van der Waals surface area contributed by atoms with Crippen LogP contribution in [-0.2, 0) is 47.3 Å². The molecule has 2 aromatic carbocycles. The summed E-state index contributed by atoms with van der Waals surface area (Å²) in [4.78, 5) is 22.9. The van der Waals surface area contributed by atoms with E-state index in [4.69, 9.17) is 14.2 Å². The normalized spacial score (nSPS) is 16.2. The van der Waals surface area contributed by atoms with Crippen LogP contribution in [0.4, 0.5) is 26.3 Å². The molecule has 2 unspecified atom stereocenters. The molecule has 2 aromatic rings. The lowest BCUT2D eigenvalue weighted by Gasteiger charge is -2.22. The van der Waals surface area contributed by atoms with Gasteiger partial charge in [0.2, 0.25) is 0 Å². The highest BCUT2D eigenvalue weighted by Crippen LogP contribution is 2.33.